The first-order valence-electron chi connectivity index (χ1n) is 8.75. The lowest BCUT2D eigenvalue weighted by Crippen LogP contribution is -1.91. The number of hydrogen-bond donors (Lipinski definition) is 2. The Morgan fingerprint density at radius 3 is 2.12 bits per heavy atom. The summed E-state index contributed by atoms with van der Waals surface area (Å²) in [6.45, 7) is 0. The third kappa shape index (κ3) is 2.35. The van der Waals surface area contributed by atoms with Crippen LogP contribution in [-0.4, -0.2) is 4.98 Å². The smallest absolute Gasteiger partial charge is 0.0471 e. The Morgan fingerprint density at radius 1 is 0.538 bits per heavy atom. The average molecular weight is 334 g/mol. The van der Waals surface area contributed by atoms with Crippen LogP contribution in [0.5, 0.6) is 0 Å². The van der Waals surface area contributed by atoms with Crippen molar-refractivity contribution in [2.75, 3.05) is 5.73 Å². The van der Waals surface area contributed by atoms with Crippen LogP contribution in [0.2, 0.25) is 0 Å². The van der Waals surface area contributed by atoms with Gasteiger partial charge in [0.2, 0.25) is 0 Å². The van der Waals surface area contributed by atoms with Gasteiger partial charge in [-0.1, -0.05) is 66.7 Å². The highest BCUT2D eigenvalue weighted by molar-refractivity contribution is 6.08. The Kier molecular flexibility index (Phi) is 3.29. The first-order valence-corrected chi connectivity index (χ1v) is 8.75. The van der Waals surface area contributed by atoms with Crippen molar-refractivity contribution in [3.8, 4) is 22.3 Å². The van der Waals surface area contributed by atoms with E-state index in [1.165, 1.54) is 27.4 Å². The highest BCUT2D eigenvalue weighted by atomic mass is 14.7. The van der Waals surface area contributed by atoms with E-state index in [2.05, 4.69) is 71.7 Å². The Balaban J connectivity index is 1.67. The molecule has 3 N–H and O–H groups in total. The maximum Gasteiger partial charge on any atom is 0.0471 e. The zero-order valence-electron chi connectivity index (χ0n) is 14.2. The van der Waals surface area contributed by atoms with E-state index in [0.29, 0.717) is 0 Å². The second kappa shape index (κ2) is 5.78. The molecule has 5 rings (SSSR count). The molecular weight excluding hydrogens is 316 g/mol. The molecule has 0 aliphatic heterocycles. The highest BCUT2D eigenvalue weighted by Gasteiger charge is 2.08. The van der Waals surface area contributed by atoms with Gasteiger partial charge in [-0.15, -0.1) is 0 Å². The third-order valence-corrected chi connectivity index (χ3v) is 4.98. The average Bonchev–Trinajstić information content (AvgIpc) is 3.07. The van der Waals surface area contributed by atoms with E-state index < -0.39 is 0 Å². The number of H-pyrrole nitrogens is 1. The molecule has 1 heterocycles. The minimum absolute atomic E-state index is 0.798. The number of anilines is 1. The van der Waals surface area contributed by atoms with Crippen molar-refractivity contribution >= 4 is 27.5 Å². The molecule has 0 fully saturated rings. The Labute approximate surface area is 151 Å². The number of para-hydroxylation sites is 1. The van der Waals surface area contributed by atoms with Gasteiger partial charge < -0.3 is 10.7 Å². The second-order valence-corrected chi connectivity index (χ2v) is 6.60. The first-order chi connectivity index (χ1) is 12.8. The molecule has 0 radical (unpaired) electrons. The van der Waals surface area contributed by atoms with Crippen molar-refractivity contribution in [3.63, 3.8) is 0 Å². The minimum Gasteiger partial charge on any atom is -0.398 e. The van der Waals surface area contributed by atoms with E-state index in [0.717, 1.165) is 22.3 Å². The fraction of sp³-hybridized carbons (Fsp3) is 0. The number of nitrogens with one attached hydrogen (secondary N) is 1. The lowest BCUT2D eigenvalue weighted by molar-refractivity contribution is 1.54. The molecule has 0 unspecified atom stereocenters. The lowest BCUT2D eigenvalue weighted by atomic mass is 9.97. The fourth-order valence-electron chi connectivity index (χ4n) is 3.64. The molecule has 0 spiro atoms. The van der Waals surface area contributed by atoms with E-state index in [-0.39, 0.29) is 0 Å². The molecule has 26 heavy (non-hydrogen) atoms. The molecule has 5 aromatic rings. The molecule has 124 valence electrons. The van der Waals surface area contributed by atoms with Crippen LogP contribution < -0.4 is 5.73 Å². The summed E-state index contributed by atoms with van der Waals surface area (Å²) in [4.78, 5) is 3.52. The molecule has 0 saturated carbocycles. The largest absolute Gasteiger partial charge is 0.398 e. The first kappa shape index (κ1) is 14.8. The number of hydrogen-bond acceptors (Lipinski definition) is 1. The highest BCUT2D eigenvalue weighted by Crippen LogP contribution is 2.33. The molecule has 2 heteroatoms. The van der Waals surface area contributed by atoms with Gasteiger partial charge in [-0.3, -0.25) is 0 Å². The van der Waals surface area contributed by atoms with E-state index >= 15 is 0 Å². The monoisotopic (exact) mass is 334 g/mol. The summed E-state index contributed by atoms with van der Waals surface area (Å²) >= 11 is 0. The number of fused-ring (bicyclic) bond motifs is 3. The minimum atomic E-state index is 0.798. The maximum atomic E-state index is 6.23. The summed E-state index contributed by atoms with van der Waals surface area (Å²) < 4.78 is 0. The molecule has 0 atom stereocenters. The lowest BCUT2D eigenvalue weighted by Gasteiger charge is -2.09. The van der Waals surface area contributed by atoms with Gasteiger partial charge in [0.1, 0.15) is 0 Å². The van der Waals surface area contributed by atoms with Crippen molar-refractivity contribution in [2.45, 2.75) is 0 Å². The van der Waals surface area contributed by atoms with Gasteiger partial charge in [0.25, 0.3) is 0 Å². The standard InChI is InChI=1S/C24H18N2/c25-22-13-11-17(14-21(22)16-6-2-1-3-7-16)18-10-12-20-19-8-4-5-9-23(19)26-24(20)15-18/h1-15,26H,25H2. The predicted molar refractivity (Wildman–Crippen MR) is 111 cm³/mol. The molecule has 1 aromatic heterocycles. The van der Waals surface area contributed by atoms with Crippen LogP contribution in [0.25, 0.3) is 44.1 Å². The van der Waals surface area contributed by atoms with Crippen LogP contribution in [0.15, 0.2) is 91.0 Å². The van der Waals surface area contributed by atoms with Crippen LogP contribution in [0.1, 0.15) is 0 Å². The van der Waals surface area contributed by atoms with Gasteiger partial charge in [0, 0.05) is 33.1 Å². The van der Waals surface area contributed by atoms with Gasteiger partial charge >= 0.3 is 0 Å². The number of aromatic amines is 1. The summed E-state index contributed by atoms with van der Waals surface area (Å²) in [5, 5.41) is 2.51. The molecule has 0 bridgehead atoms. The van der Waals surface area contributed by atoms with Crippen LogP contribution >= 0.6 is 0 Å². The second-order valence-electron chi connectivity index (χ2n) is 6.60. The van der Waals surface area contributed by atoms with Gasteiger partial charge in [-0.25, -0.2) is 0 Å². The van der Waals surface area contributed by atoms with Gasteiger partial charge in [-0.05, 0) is 41.0 Å². The number of nitrogen functional groups attached to an aromatic ring is 1. The summed E-state index contributed by atoms with van der Waals surface area (Å²) in [6.07, 6.45) is 0. The van der Waals surface area contributed by atoms with Gasteiger partial charge in [-0.2, -0.15) is 0 Å². The van der Waals surface area contributed by atoms with Crippen molar-refractivity contribution < 1.29 is 0 Å². The van der Waals surface area contributed by atoms with Crippen molar-refractivity contribution in [2.24, 2.45) is 0 Å². The molecule has 0 aliphatic carbocycles. The van der Waals surface area contributed by atoms with Crippen molar-refractivity contribution in [1.29, 1.82) is 0 Å². The molecular formula is C24H18N2. The predicted octanol–water partition coefficient (Wildman–Crippen LogP) is 6.24. The van der Waals surface area contributed by atoms with E-state index in [9.17, 15) is 0 Å². The summed E-state index contributed by atoms with van der Waals surface area (Å²) in [5.41, 5.74) is 13.9. The molecule has 0 saturated heterocycles. The van der Waals surface area contributed by atoms with Gasteiger partial charge in [0.15, 0.2) is 0 Å². The number of aromatic nitrogens is 1. The van der Waals surface area contributed by atoms with Crippen LogP contribution in [0.4, 0.5) is 5.69 Å². The van der Waals surface area contributed by atoms with Crippen LogP contribution in [0, 0.1) is 0 Å². The van der Waals surface area contributed by atoms with Crippen LogP contribution in [0.3, 0.4) is 0 Å². The molecule has 4 aromatic carbocycles. The van der Waals surface area contributed by atoms with E-state index in [4.69, 9.17) is 5.73 Å². The summed E-state index contributed by atoms with van der Waals surface area (Å²) in [7, 11) is 0. The normalized spacial score (nSPS) is 11.2. The summed E-state index contributed by atoms with van der Waals surface area (Å²) in [5.74, 6) is 0. The molecule has 0 aliphatic rings. The Hall–Kier alpha value is -3.52. The zero-order valence-corrected chi connectivity index (χ0v) is 14.2. The number of benzene rings is 4. The number of nitrogens with two attached hydrogens (primary N) is 1. The SMILES string of the molecule is Nc1ccc(-c2ccc3c(c2)[nH]c2ccccc23)cc1-c1ccccc1. The third-order valence-electron chi connectivity index (χ3n) is 4.98. The molecule has 0 amide bonds. The number of rotatable bonds is 2. The van der Waals surface area contributed by atoms with E-state index in [1.807, 2.05) is 24.3 Å². The van der Waals surface area contributed by atoms with E-state index in [1.54, 1.807) is 0 Å². The van der Waals surface area contributed by atoms with Crippen LogP contribution in [-0.2, 0) is 0 Å². The Morgan fingerprint density at radius 2 is 1.23 bits per heavy atom. The van der Waals surface area contributed by atoms with Gasteiger partial charge in [0.05, 0.1) is 0 Å². The molecule has 2 nitrogen and oxygen atoms in total. The summed E-state index contributed by atoms with van der Waals surface area (Å²) in [6, 6.07) is 31.6. The topological polar surface area (TPSA) is 41.8 Å². The van der Waals surface area contributed by atoms with Crippen molar-refractivity contribution in [3.05, 3.63) is 91.0 Å². The maximum absolute atomic E-state index is 6.23. The van der Waals surface area contributed by atoms with Crippen molar-refractivity contribution in [1.82, 2.24) is 4.98 Å². The zero-order chi connectivity index (χ0) is 17.5. The Bertz CT molecular complexity index is 1230. The fourth-order valence-corrected chi connectivity index (χ4v) is 3.64. The quantitative estimate of drug-likeness (QED) is 0.369.